The van der Waals surface area contributed by atoms with Crippen molar-refractivity contribution in [3.05, 3.63) is 57.9 Å². The number of ether oxygens (including phenoxy) is 2. The van der Waals surface area contributed by atoms with Gasteiger partial charge in [-0.15, -0.1) is 0 Å². The average Bonchev–Trinajstić information content (AvgIpc) is 2.55. The highest BCUT2D eigenvalue weighted by atomic mass is 35.5. The molecule has 2 aromatic rings. The second-order valence-electron chi connectivity index (χ2n) is 4.65. The molecule has 2 N–H and O–H groups in total. The molecule has 2 rings (SSSR count). The molecule has 0 unspecified atom stereocenters. The first-order valence-electron chi connectivity index (χ1n) is 6.51. The van der Waals surface area contributed by atoms with Crippen molar-refractivity contribution < 1.29 is 28.9 Å². The molecule has 0 amide bonds. The summed E-state index contributed by atoms with van der Waals surface area (Å²) in [5, 5.41) is 19.6. The molecule has 5 nitrogen and oxygen atoms in total. The normalized spacial score (nSPS) is 11.9. The summed E-state index contributed by atoms with van der Waals surface area (Å²) in [4.78, 5) is 11.3. The summed E-state index contributed by atoms with van der Waals surface area (Å²) < 4.78 is 24.2. The molecule has 0 aliphatic heterocycles. The van der Waals surface area contributed by atoms with Gasteiger partial charge in [-0.25, -0.2) is 9.18 Å². The quantitative estimate of drug-likeness (QED) is 0.873. The van der Waals surface area contributed by atoms with Crippen molar-refractivity contribution in [3.63, 3.8) is 0 Å². The predicted molar refractivity (Wildman–Crippen MR) is 82.0 cm³/mol. The van der Waals surface area contributed by atoms with E-state index < -0.39 is 17.9 Å². The highest BCUT2D eigenvalue weighted by Gasteiger charge is 2.24. The second-order valence-corrected chi connectivity index (χ2v) is 5.05. The van der Waals surface area contributed by atoms with Crippen LogP contribution in [0.15, 0.2) is 30.3 Å². The maximum Gasteiger partial charge on any atom is 0.339 e. The fraction of sp³-hybridized carbons (Fsp3) is 0.188. The lowest BCUT2D eigenvalue weighted by Gasteiger charge is -2.18. The lowest BCUT2D eigenvalue weighted by atomic mass is 9.97. The van der Waals surface area contributed by atoms with E-state index in [0.29, 0.717) is 0 Å². The van der Waals surface area contributed by atoms with Gasteiger partial charge in [0.1, 0.15) is 29.0 Å². The molecule has 122 valence electrons. The largest absolute Gasteiger partial charge is 0.496 e. The average molecular weight is 341 g/mol. The number of carbonyl (C=O) groups is 1. The number of aliphatic hydroxyl groups is 1. The molecule has 0 aliphatic rings. The molecule has 0 aromatic heterocycles. The Morgan fingerprint density at radius 1 is 1.17 bits per heavy atom. The third-order valence-corrected chi connectivity index (χ3v) is 3.64. The van der Waals surface area contributed by atoms with Crippen LogP contribution in [-0.2, 0) is 0 Å². The molecule has 0 heterocycles. The Kier molecular flexibility index (Phi) is 5.08. The molecule has 0 spiro atoms. The molecule has 23 heavy (non-hydrogen) atoms. The molecule has 1 atom stereocenters. The summed E-state index contributed by atoms with van der Waals surface area (Å²) in [6.45, 7) is 0. The lowest BCUT2D eigenvalue weighted by molar-refractivity contribution is 0.0693. The number of carboxylic acid groups (broad SMARTS) is 1. The number of methoxy groups -OCH3 is 2. The van der Waals surface area contributed by atoms with Crippen molar-refractivity contribution >= 4 is 17.6 Å². The molecule has 0 saturated carbocycles. The van der Waals surface area contributed by atoms with E-state index >= 15 is 0 Å². The van der Waals surface area contributed by atoms with Crippen LogP contribution in [0.1, 0.15) is 27.6 Å². The minimum absolute atomic E-state index is 0.0665. The number of benzene rings is 2. The van der Waals surface area contributed by atoms with Crippen molar-refractivity contribution in [3.8, 4) is 11.5 Å². The number of aliphatic hydroxyl groups excluding tert-OH is 1. The summed E-state index contributed by atoms with van der Waals surface area (Å²) in [5.41, 5.74) is -0.172. The van der Waals surface area contributed by atoms with E-state index in [1.807, 2.05) is 0 Å². The van der Waals surface area contributed by atoms with Crippen molar-refractivity contribution in [2.75, 3.05) is 14.2 Å². The minimum atomic E-state index is -1.45. The molecule has 0 fully saturated rings. The number of hydrogen-bond donors (Lipinski definition) is 2. The van der Waals surface area contributed by atoms with Crippen LogP contribution < -0.4 is 9.47 Å². The SMILES string of the molecule is COc1cc(OC)c([C@@H](O)c2cccc(Cl)c2F)cc1C(=O)O. The number of halogens is 2. The maximum absolute atomic E-state index is 14.1. The predicted octanol–water partition coefficient (Wildman–Crippen LogP) is 3.28. The van der Waals surface area contributed by atoms with Crippen LogP contribution in [0.5, 0.6) is 11.5 Å². The molecule has 0 radical (unpaired) electrons. The van der Waals surface area contributed by atoms with E-state index in [1.165, 1.54) is 44.6 Å². The zero-order valence-electron chi connectivity index (χ0n) is 12.3. The van der Waals surface area contributed by atoms with Gasteiger partial charge in [0, 0.05) is 17.2 Å². The smallest absolute Gasteiger partial charge is 0.339 e. The van der Waals surface area contributed by atoms with Crippen LogP contribution in [0.25, 0.3) is 0 Å². The number of hydrogen-bond acceptors (Lipinski definition) is 4. The summed E-state index contributed by atoms with van der Waals surface area (Å²) in [6.07, 6.45) is -1.45. The van der Waals surface area contributed by atoms with Crippen molar-refractivity contribution in [1.29, 1.82) is 0 Å². The lowest BCUT2D eigenvalue weighted by Crippen LogP contribution is -2.09. The Balaban J connectivity index is 2.63. The zero-order chi connectivity index (χ0) is 17.1. The topological polar surface area (TPSA) is 76.0 Å². The molecule has 7 heteroatoms. The standard InChI is InChI=1S/C16H14ClFO5/c1-22-12-7-13(23-2)10(16(20)21)6-9(12)15(19)8-4-3-5-11(17)14(8)18/h3-7,15,19H,1-2H3,(H,20,21)/t15-/m0/s1. The van der Waals surface area contributed by atoms with Gasteiger partial charge in [0.2, 0.25) is 0 Å². The molecule has 0 bridgehead atoms. The van der Waals surface area contributed by atoms with E-state index in [2.05, 4.69) is 0 Å². The van der Waals surface area contributed by atoms with Gasteiger partial charge in [0.25, 0.3) is 0 Å². The minimum Gasteiger partial charge on any atom is -0.496 e. The van der Waals surface area contributed by atoms with Crippen LogP contribution in [0, 0.1) is 5.82 Å². The summed E-state index contributed by atoms with van der Waals surface area (Å²) in [6, 6.07) is 6.70. The van der Waals surface area contributed by atoms with Crippen molar-refractivity contribution in [1.82, 2.24) is 0 Å². The second kappa shape index (κ2) is 6.85. The number of rotatable bonds is 5. The van der Waals surface area contributed by atoms with Gasteiger partial charge < -0.3 is 19.7 Å². The Bertz CT molecular complexity index is 747. The van der Waals surface area contributed by atoms with E-state index in [4.69, 9.17) is 21.1 Å². The molecule has 2 aromatic carbocycles. The van der Waals surface area contributed by atoms with Gasteiger partial charge in [-0.1, -0.05) is 23.7 Å². The van der Waals surface area contributed by atoms with Crippen LogP contribution in [-0.4, -0.2) is 30.4 Å². The van der Waals surface area contributed by atoms with Crippen molar-refractivity contribution in [2.24, 2.45) is 0 Å². The Morgan fingerprint density at radius 2 is 1.83 bits per heavy atom. The third kappa shape index (κ3) is 3.23. The van der Waals surface area contributed by atoms with Crippen LogP contribution in [0.3, 0.4) is 0 Å². The first kappa shape index (κ1) is 17.1. The molecule has 0 aliphatic carbocycles. The van der Waals surface area contributed by atoms with Crippen molar-refractivity contribution in [2.45, 2.75) is 6.10 Å². The Morgan fingerprint density at radius 3 is 2.39 bits per heavy atom. The Hall–Kier alpha value is -2.31. The molecular weight excluding hydrogens is 327 g/mol. The first-order chi connectivity index (χ1) is 10.9. The van der Waals surface area contributed by atoms with Gasteiger partial charge in [0.15, 0.2) is 0 Å². The summed E-state index contributed by atoms with van der Waals surface area (Å²) >= 11 is 5.72. The summed E-state index contributed by atoms with van der Waals surface area (Å²) in [5.74, 6) is -1.79. The van der Waals surface area contributed by atoms with Gasteiger partial charge in [-0.2, -0.15) is 0 Å². The maximum atomic E-state index is 14.1. The fourth-order valence-corrected chi connectivity index (χ4v) is 2.39. The molecule has 0 saturated heterocycles. The van der Waals surface area contributed by atoms with Gasteiger partial charge in [-0.3, -0.25) is 0 Å². The third-order valence-electron chi connectivity index (χ3n) is 3.35. The number of carboxylic acids is 1. The highest BCUT2D eigenvalue weighted by Crippen LogP contribution is 2.37. The van der Waals surface area contributed by atoms with E-state index in [0.717, 1.165) is 0 Å². The first-order valence-corrected chi connectivity index (χ1v) is 6.89. The summed E-state index contributed by atoms with van der Waals surface area (Å²) in [7, 11) is 2.66. The van der Waals surface area contributed by atoms with Gasteiger partial charge in [-0.05, 0) is 12.1 Å². The van der Waals surface area contributed by atoms with Crippen LogP contribution >= 0.6 is 11.6 Å². The van der Waals surface area contributed by atoms with E-state index in [1.54, 1.807) is 0 Å². The molecular formula is C16H14ClFO5. The van der Waals surface area contributed by atoms with Crippen LogP contribution in [0.2, 0.25) is 5.02 Å². The Labute approximate surface area is 136 Å². The highest BCUT2D eigenvalue weighted by molar-refractivity contribution is 6.30. The fourth-order valence-electron chi connectivity index (χ4n) is 2.20. The monoisotopic (exact) mass is 340 g/mol. The number of aromatic carboxylic acids is 1. The zero-order valence-corrected chi connectivity index (χ0v) is 13.1. The van der Waals surface area contributed by atoms with E-state index in [9.17, 15) is 19.4 Å². The van der Waals surface area contributed by atoms with Crippen LogP contribution in [0.4, 0.5) is 4.39 Å². The van der Waals surface area contributed by atoms with E-state index in [-0.39, 0.29) is 33.2 Å². The van der Waals surface area contributed by atoms with Gasteiger partial charge >= 0.3 is 5.97 Å². The van der Waals surface area contributed by atoms with Gasteiger partial charge in [0.05, 0.1) is 19.2 Å².